The molecule has 3 heteroatoms. The smallest absolute Gasteiger partial charge is 0.0720 e. The number of rotatable bonds is 3. The van der Waals surface area contributed by atoms with E-state index in [1.807, 2.05) is 37.3 Å². The maximum absolute atomic E-state index is 9.78. The first kappa shape index (κ1) is 12.6. The van der Waals surface area contributed by atoms with Crippen molar-refractivity contribution < 1.29 is 14.9 Å². The lowest BCUT2D eigenvalue weighted by Gasteiger charge is -2.35. The van der Waals surface area contributed by atoms with E-state index in [4.69, 9.17) is 4.74 Å². The van der Waals surface area contributed by atoms with Crippen LogP contribution in [0.25, 0.3) is 0 Å². The third-order valence-corrected chi connectivity index (χ3v) is 3.52. The Kier molecular flexibility index (Phi) is 4.15. The summed E-state index contributed by atoms with van der Waals surface area (Å²) in [6, 6.07) is 9.96. The second kappa shape index (κ2) is 5.63. The van der Waals surface area contributed by atoms with Crippen molar-refractivity contribution in [2.45, 2.75) is 44.7 Å². The summed E-state index contributed by atoms with van der Waals surface area (Å²) < 4.78 is 5.80. The van der Waals surface area contributed by atoms with Crippen molar-refractivity contribution in [2.24, 2.45) is 5.92 Å². The molecule has 0 amide bonds. The van der Waals surface area contributed by atoms with Crippen LogP contribution in [0.1, 0.15) is 25.3 Å². The van der Waals surface area contributed by atoms with Crippen LogP contribution >= 0.6 is 0 Å². The van der Waals surface area contributed by atoms with Crippen LogP contribution in [0.3, 0.4) is 0 Å². The van der Waals surface area contributed by atoms with Crippen LogP contribution in [0.4, 0.5) is 0 Å². The Morgan fingerprint density at radius 3 is 2.59 bits per heavy atom. The lowest BCUT2D eigenvalue weighted by atomic mass is 9.83. The van der Waals surface area contributed by atoms with Gasteiger partial charge < -0.3 is 14.9 Å². The predicted molar refractivity (Wildman–Crippen MR) is 65.4 cm³/mol. The van der Waals surface area contributed by atoms with Crippen LogP contribution in [0.5, 0.6) is 0 Å². The molecule has 0 bridgehead atoms. The van der Waals surface area contributed by atoms with Crippen LogP contribution in [-0.4, -0.2) is 28.5 Å². The number of hydrogen-bond donors (Lipinski definition) is 2. The third kappa shape index (κ3) is 3.28. The number of ether oxygens (including phenoxy) is 1. The second-order valence-corrected chi connectivity index (χ2v) is 4.89. The highest BCUT2D eigenvalue weighted by Crippen LogP contribution is 2.28. The summed E-state index contributed by atoms with van der Waals surface area (Å²) in [5, 5.41) is 19.4. The SMILES string of the molecule is CC1C(OCc2ccccc2)C[C@@H](O)C[C@@H]1O. The average molecular weight is 236 g/mol. The van der Waals surface area contributed by atoms with E-state index in [0.717, 1.165) is 5.56 Å². The van der Waals surface area contributed by atoms with Crippen LogP contribution in [0.2, 0.25) is 0 Å². The molecule has 1 aliphatic carbocycles. The fourth-order valence-corrected chi connectivity index (χ4v) is 2.32. The molecule has 17 heavy (non-hydrogen) atoms. The Balaban J connectivity index is 1.89. The number of aliphatic hydroxyl groups excluding tert-OH is 2. The Hall–Kier alpha value is -0.900. The highest BCUT2D eigenvalue weighted by atomic mass is 16.5. The van der Waals surface area contributed by atoms with Crippen LogP contribution < -0.4 is 0 Å². The standard InChI is InChI=1S/C14H20O3/c1-10-13(16)7-12(15)8-14(10)17-9-11-5-3-2-4-6-11/h2-6,10,12-16H,7-9H2,1H3/t10?,12-,13-,14?/m0/s1. The predicted octanol–water partition coefficient (Wildman–Crippen LogP) is 1.72. The number of hydrogen-bond acceptors (Lipinski definition) is 3. The van der Waals surface area contributed by atoms with E-state index in [1.165, 1.54) is 0 Å². The lowest BCUT2D eigenvalue weighted by molar-refractivity contribution is -0.101. The normalized spacial score (nSPS) is 33.6. The molecule has 94 valence electrons. The zero-order valence-corrected chi connectivity index (χ0v) is 10.1. The molecule has 1 fully saturated rings. The van der Waals surface area contributed by atoms with Crippen molar-refractivity contribution in [2.75, 3.05) is 0 Å². The molecule has 2 N–H and O–H groups in total. The number of benzene rings is 1. The minimum atomic E-state index is -0.459. The summed E-state index contributed by atoms with van der Waals surface area (Å²) in [6.07, 6.45) is 0.118. The molecule has 1 aliphatic rings. The first-order valence-electron chi connectivity index (χ1n) is 6.18. The zero-order chi connectivity index (χ0) is 12.3. The Labute approximate surface area is 102 Å². The molecule has 2 unspecified atom stereocenters. The van der Waals surface area contributed by atoms with Gasteiger partial charge in [0.15, 0.2) is 0 Å². The molecule has 2 rings (SSSR count). The van der Waals surface area contributed by atoms with Crippen molar-refractivity contribution in [3.05, 3.63) is 35.9 Å². The van der Waals surface area contributed by atoms with Gasteiger partial charge in [0.2, 0.25) is 0 Å². The van der Waals surface area contributed by atoms with E-state index >= 15 is 0 Å². The fraction of sp³-hybridized carbons (Fsp3) is 0.571. The van der Waals surface area contributed by atoms with Gasteiger partial charge >= 0.3 is 0 Å². The highest BCUT2D eigenvalue weighted by molar-refractivity contribution is 5.13. The van der Waals surface area contributed by atoms with Gasteiger partial charge in [-0.1, -0.05) is 37.3 Å². The van der Waals surface area contributed by atoms with Gasteiger partial charge in [0.05, 0.1) is 24.9 Å². The monoisotopic (exact) mass is 236 g/mol. The van der Waals surface area contributed by atoms with E-state index in [0.29, 0.717) is 19.4 Å². The molecule has 0 radical (unpaired) electrons. The Morgan fingerprint density at radius 1 is 1.18 bits per heavy atom. The molecule has 3 nitrogen and oxygen atoms in total. The maximum atomic E-state index is 9.78. The summed E-state index contributed by atoms with van der Waals surface area (Å²) in [4.78, 5) is 0. The van der Waals surface area contributed by atoms with Gasteiger partial charge in [0.25, 0.3) is 0 Å². The van der Waals surface area contributed by atoms with Crippen molar-refractivity contribution in [3.8, 4) is 0 Å². The molecular formula is C14H20O3. The van der Waals surface area contributed by atoms with Crippen molar-refractivity contribution in [3.63, 3.8) is 0 Å². The highest BCUT2D eigenvalue weighted by Gasteiger charge is 2.33. The number of aliphatic hydroxyl groups is 2. The van der Waals surface area contributed by atoms with Crippen LogP contribution in [0.15, 0.2) is 30.3 Å². The van der Waals surface area contributed by atoms with Gasteiger partial charge in [-0.2, -0.15) is 0 Å². The molecule has 1 aromatic carbocycles. The third-order valence-electron chi connectivity index (χ3n) is 3.52. The van der Waals surface area contributed by atoms with Crippen LogP contribution in [0, 0.1) is 5.92 Å². The molecule has 1 aromatic rings. The van der Waals surface area contributed by atoms with E-state index in [2.05, 4.69) is 0 Å². The molecule has 0 aliphatic heterocycles. The van der Waals surface area contributed by atoms with Gasteiger partial charge in [-0.25, -0.2) is 0 Å². The Bertz CT molecular complexity index is 339. The topological polar surface area (TPSA) is 49.7 Å². The van der Waals surface area contributed by atoms with E-state index in [1.54, 1.807) is 0 Å². The molecule has 0 saturated heterocycles. The zero-order valence-electron chi connectivity index (χ0n) is 10.1. The molecule has 1 saturated carbocycles. The van der Waals surface area contributed by atoms with Gasteiger partial charge in [0, 0.05) is 5.92 Å². The van der Waals surface area contributed by atoms with Crippen molar-refractivity contribution in [1.82, 2.24) is 0 Å². The van der Waals surface area contributed by atoms with Gasteiger partial charge in [0.1, 0.15) is 0 Å². The minimum absolute atomic E-state index is 0.0612. The van der Waals surface area contributed by atoms with Gasteiger partial charge in [-0.3, -0.25) is 0 Å². The first-order chi connectivity index (χ1) is 8.16. The largest absolute Gasteiger partial charge is 0.393 e. The van der Waals surface area contributed by atoms with E-state index < -0.39 is 12.2 Å². The fourth-order valence-electron chi connectivity index (χ4n) is 2.32. The quantitative estimate of drug-likeness (QED) is 0.840. The van der Waals surface area contributed by atoms with Crippen molar-refractivity contribution in [1.29, 1.82) is 0 Å². The van der Waals surface area contributed by atoms with Crippen LogP contribution in [-0.2, 0) is 11.3 Å². The summed E-state index contributed by atoms with van der Waals surface area (Å²) in [5.74, 6) is 0.0853. The molecule has 0 aromatic heterocycles. The van der Waals surface area contributed by atoms with E-state index in [-0.39, 0.29) is 12.0 Å². The van der Waals surface area contributed by atoms with Crippen molar-refractivity contribution >= 4 is 0 Å². The molecular weight excluding hydrogens is 216 g/mol. The molecule has 0 heterocycles. The molecule has 0 spiro atoms. The van der Waals surface area contributed by atoms with Gasteiger partial charge in [-0.05, 0) is 18.4 Å². The lowest BCUT2D eigenvalue weighted by Crippen LogP contribution is -2.41. The summed E-state index contributed by atoms with van der Waals surface area (Å²) in [7, 11) is 0. The minimum Gasteiger partial charge on any atom is -0.393 e. The molecule has 4 atom stereocenters. The van der Waals surface area contributed by atoms with E-state index in [9.17, 15) is 10.2 Å². The maximum Gasteiger partial charge on any atom is 0.0720 e. The Morgan fingerprint density at radius 2 is 1.88 bits per heavy atom. The summed E-state index contributed by atoms with van der Waals surface area (Å²) in [5.41, 5.74) is 1.12. The first-order valence-corrected chi connectivity index (χ1v) is 6.18. The average Bonchev–Trinajstić information content (AvgIpc) is 2.33. The second-order valence-electron chi connectivity index (χ2n) is 4.89. The van der Waals surface area contributed by atoms with Gasteiger partial charge in [-0.15, -0.1) is 0 Å². The summed E-state index contributed by atoms with van der Waals surface area (Å²) in [6.45, 7) is 2.52. The summed E-state index contributed by atoms with van der Waals surface area (Å²) >= 11 is 0.